The van der Waals surface area contributed by atoms with Gasteiger partial charge in [0, 0.05) is 18.7 Å². The van der Waals surface area contributed by atoms with Crippen molar-refractivity contribution >= 4 is 23.6 Å². The van der Waals surface area contributed by atoms with Crippen molar-refractivity contribution in [3.63, 3.8) is 0 Å². The second kappa shape index (κ2) is 8.77. The van der Waals surface area contributed by atoms with Crippen LogP contribution in [-0.2, 0) is 19.1 Å². The van der Waals surface area contributed by atoms with Gasteiger partial charge in [0.25, 0.3) is 11.8 Å². The first kappa shape index (κ1) is 19.0. The van der Waals surface area contributed by atoms with E-state index in [9.17, 15) is 14.4 Å². The summed E-state index contributed by atoms with van der Waals surface area (Å²) in [7, 11) is 0. The zero-order chi connectivity index (χ0) is 19.2. The summed E-state index contributed by atoms with van der Waals surface area (Å²) < 4.78 is 9.83. The predicted molar refractivity (Wildman–Crippen MR) is 90.4 cm³/mol. The third kappa shape index (κ3) is 4.34. The maximum Gasteiger partial charge on any atom is 0.404 e. The molecular weight excluding hydrogens is 360 g/mol. The highest BCUT2D eigenvalue weighted by atomic mass is 16.9. The van der Waals surface area contributed by atoms with Crippen LogP contribution in [0.2, 0.25) is 0 Å². The van der Waals surface area contributed by atoms with Crippen LogP contribution in [-0.4, -0.2) is 62.0 Å². The van der Waals surface area contributed by atoms with Crippen molar-refractivity contribution in [1.82, 2.24) is 10.5 Å². The maximum atomic E-state index is 12.8. The Kier molecular flexibility index (Phi) is 6.19. The van der Waals surface area contributed by atoms with E-state index in [4.69, 9.17) is 20.1 Å². The number of hydrogen-bond donors (Lipinski definition) is 3. The number of carbonyl (C=O) groups excluding carboxylic acids is 3. The van der Waals surface area contributed by atoms with E-state index >= 15 is 0 Å². The largest absolute Gasteiger partial charge is 0.447 e. The zero-order valence-corrected chi connectivity index (χ0v) is 14.4. The minimum atomic E-state index is -0.854. The van der Waals surface area contributed by atoms with Crippen LogP contribution in [0.1, 0.15) is 27.1 Å². The number of primary amides is 1. The van der Waals surface area contributed by atoms with Gasteiger partial charge >= 0.3 is 6.09 Å². The van der Waals surface area contributed by atoms with Gasteiger partial charge in [-0.2, -0.15) is 0 Å². The number of imide groups is 1. The van der Waals surface area contributed by atoms with Crippen molar-refractivity contribution in [3.8, 4) is 0 Å². The number of rotatable bonds is 8. The van der Waals surface area contributed by atoms with Gasteiger partial charge in [-0.25, -0.2) is 9.69 Å². The molecule has 1 unspecified atom stereocenters. The predicted octanol–water partition coefficient (Wildman–Crippen LogP) is -0.0110. The van der Waals surface area contributed by atoms with Crippen LogP contribution in [0.25, 0.3) is 0 Å². The van der Waals surface area contributed by atoms with Crippen LogP contribution >= 0.6 is 0 Å². The van der Waals surface area contributed by atoms with Crippen LogP contribution in [0.3, 0.4) is 0 Å². The monoisotopic (exact) mass is 380 g/mol. The van der Waals surface area contributed by atoms with Gasteiger partial charge in [-0.15, -0.1) is 0 Å². The molecule has 1 fully saturated rings. The molecule has 0 saturated carbocycles. The second-order valence-electron chi connectivity index (χ2n) is 5.71. The highest BCUT2D eigenvalue weighted by Crippen LogP contribution is 2.31. The zero-order valence-electron chi connectivity index (χ0n) is 14.4. The number of fused-ring (bicyclic) bond motifs is 1. The number of nitrogens with zero attached hydrogens (tertiary/aromatic N) is 1. The fourth-order valence-corrected chi connectivity index (χ4v) is 2.81. The van der Waals surface area contributed by atoms with Gasteiger partial charge in [0.15, 0.2) is 6.23 Å². The van der Waals surface area contributed by atoms with E-state index in [2.05, 4.69) is 15.7 Å². The van der Waals surface area contributed by atoms with Crippen molar-refractivity contribution in [2.45, 2.75) is 12.6 Å². The summed E-state index contributed by atoms with van der Waals surface area (Å²) in [5.41, 5.74) is 8.23. The lowest BCUT2D eigenvalue weighted by molar-refractivity contribution is -0.259. The molecular formula is C16H20N4O7. The number of anilines is 1. The third-order valence-corrected chi connectivity index (χ3v) is 3.98. The number of amides is 3. The fraction of sp³-hybridized carbons (Fsp3) is 0.438. The van der Waals surface area contributed by atoms with E-state index in [1.807, 2.05) is 0 Å². The summed E-state index contributed by atoms with van der Waals surface area (Å²) >= 11 is 0. The molecule has 146 valence electrons. The Bertz CT molecular complexity index is 721. The Morgan fingerprint density at radius 3 is 2.89 bits per heavy atom. The first-order valence-corrected chi connectivity index (χ1v) is 8.37. The quantitative estimate of drug-likeness (QED) is 0.419. The van der Waals surface area contributed by atoms with Crippen LogP contribution < -0.4 is 16.7 Å². The van der Waals surface area contributed by atoms with E-state index in [1.165, 1.54) is 0 Å². The van der Waals surface area contributed by atoms with Crippen LogP contribution in [0, 0.1) is 0 Å². The van der Waals surface area contributed by atoms with Gasteiger partial charge < -0.3 is 20.5 Å². The normalized spacial score (nSPS) is 19.1. The Labute approximate surface area is 154 Å². The molecule has 1 saturated heterocycles. The van der Waals surface area contributed by atoms with Crippen molar-refractivity contribution < 1.29 is 33.5 Å². The molecule has 2 aliphatic heterocycles. The Morgan fingerprint density at radius 2 is 2.15 bits per heavy atom. The number of benzene rings is 1. The number of ether oxygens (including phenoxy) is 2. The molecule has 3 amide bonds. The van der Waals surface area contributed by atoms with Crippen molar-refractivity contribution in [2.24, 2.45) is 5.73 Å². The molecule has 1 aromatic rings. The topological polar surface area (TPSA) is 141 Å². The molecule has 0 aromatic heterocycles. The molecule has 0 aliphatic carbocycles. The summed E-state index contributed by atoms with van der Waals surface area (Å²) in [5, 5.41) is 3.08. The smallest absolute Gasteiger partial charge is 0.404 e. The lowest BCUT2D eigenvalue weighted by Gasteiger charge is -2.28. The van der Waals surface area contributed by atoms with E-state index < -0.39 is 24.1 Å². The van der Waals surface area contributed by atoms with Gasteiger partial charge in [-0.1, -0.05) is 11.7 Å². The lowest BCUT2D eigenvalue weighted by atomic mass is 10.1. The van der Waals surface area contributed by atoms with Crippen molar-refractivity contribution in [3.05, 3.63) is 29.3 Å². The van der Waals surface area contributed by atoms with E-state index in [0.717, 1.165) is 4.90 Å². The first-order chi connectivity index (χ1) is 13.1. The third-order valence-electron chi connectivity index (χ3n) is 3.98. The van der Waals surface area contributed by atoms with Crippen LogP contribution in [0.15, 0.2) is 18.2 Å². The molecule has 0 radical (unpaired) electrons. The molecule has 1 aromatic carbocycles. The molecule has 1 atom stereocenters. The Balaban J connectivity index is 1.58. The number of nitrogens with two attached hydrogens (primary N) is 1. The fourth-order valence-electron chi connectivity index (χ4n) is 2.81. The average molecular weight is 380 g/mol. The molecule has 3 rings (SSSR count). The van der Waals surface area contributed by atoms with Crippen LogP contribution in [0.4, 0.5) is 10.5 Å². The molecule has 11 heteroatoms. The lowest BCUT2D eigenvalue weighted by Crippen LogP contribution is -2.47. The second-order valence-corrected chi connectivity index (χ2v) is 5.71. The number of carbonyl (C=O) groups is 3. The van der Waals surface area contributed by atoms with E-state index in [-0.39, 0.29) is 13.2 Å². The summed E-state index contributed by atoms with van der Waals surface area (Å²) in [6.07, 6.45) is -1.21. The maximum absolute atomic E-state index is 12.8. The molecule has 2 heterocycles. The molecule has 0 spiro atoms. The van der Waals surface area contributed by atoms with Gasteiger partial charge in [0.05, 0.1) is 30.9 Å². The SMILES string of the molecule is NC(=O)OCCOCCNc1cccc2c1C(=O)N(C1CCONO1)C2=O. The molecule has 11 nitrogen and oxygen atoms in total. The van der Waals surface area contributed by atoms with Crippen LogP contribution in [0.5, 0.6) is 0 Å². The molecule has 2 aliphatic rings. The number of hydrogen-bond acceptors (Lipinski definition) is 9. The summed E-state index contributed by atoms with van der Waals surface area (Å²) in [6, 6.07) is 5.01. The van der Waals surface area contributed by atoms with E-state index in [0.29, 0.717) is 43.0 Å². The Morgan fingerprint density at radius 1 is 1.30 bits per heavy atom. The van der Waals surface area contributed by atoms with E-state index in [1.54, 1.807) is 18.2 Å². The van der Waals surface area contributed by atoms with Crippen molar-refractivity contribution in [2.75, 3.05) is 38.3 Å². The minimum absolute atomic E-state index is 0.0666. The summed E-state index contributed by atoms with van der Waals surface area (Å²) in [4.78, 5) is 46.9. The highest BCUT2D eigenvalue weighted by Gasteiger charge is 2.42. The summed E-state index contributed by atoms with van der Waals surface area (Å²) in [5.74, 6) is -0.838. The first-order valence-electron chi connectivity index (χ1n) is 8.37. The summed E-state index contributed by atoms with van der Waals surface area (Å²) in [6.45, 7) is 1.29. The van der Waals surface area contributed by atoms with Gasteiger partial charge in [0.2, 0.25) is 0 Å². The van der Waals surface area contributed by atoms with Gasteiger partial charge in [0.1, 0.15) is 6.61 Å². The van der Waals surface area contributed by atoms with Crippen molar-refractivity contribution in [1.29, 1.82) is 0 Å². The van der Waals surface area contributed by atoms with Gasteiger partial charge in [-0.3, -0.25) is 19.3 Å². The average Bonchev–Trinajstić information content (AvgIpc) is 2.93. The molecule has 0 bridgehead atoms. The number of nitrogens with one attached hydrogen (secondary N) is 2. The standard InChI is InChI=1S/C16H20N4O7/c17-16(23)25-9-8-24-7-5-18-11-3-1-2-10-13(11)15(22)20(14(10)21)12-4-6-26-19-27-12/h1-3,12,18-19H,4-9H2,(H2,17,23). The van der Waals surface area contributed by atoms with Gasteiger partial charge in [-0.05, 0) is 12.1 Å². The molecule has 4 N–H and O–H groups in total. The minimum Gasteiger partial charge on any atom is -0.447 e. The Hall–Kier alpha value is -2.73. The molecule has 27 heavy (non-hydrogen) atoms. The highest BCUT2D eigenvalue weighted by molar-refractivity contribution is 6.23.